The number of ether oxygens (including phenoxy) is 1. The molecule has 1 heterocycles. The third-order valence-corrected chi connectivity index (χ3v) is 3.22. The third kappa shape index (κ3) is 2.40. The molecule has 1 aromatic heterocycles. The van der Waals surface area contributed by atoms with Crippen molar-refractivity contribution in [1.29, 1.82) is 0 Å². The first-order chi connectivity index (χ1) is 7.83. The van der Waals surface area contributed by atoms with Crippen molar-refractivity contribution < 1.29 is 4.74 Å². The number of rotatable bonds is 4. The highest BCUT2D eigenvalue weighted by Crippen LogP contribution is 2.27. The van der Waals surface area contributed by atoms with Crippen LogP contribution in [0.15, 0.2) is 30.5 Å². The molecule has 2 N–H and O–H groups in total. The zero-order valence-electron chi connectivity index (χ0n) is 9.14. The highest BCUT2D eigenvalue weighted by molar-refractivity contribution is 7.15. The maximum absolute atomic E-state index is 5.56. The van der Waals surface area contributed by atoms with E-state index in [1.54, 1.807) is 11.3 Å². The normalized spacial score (nSPS) is 10.4. The van der Waals surface area contributed by atoms with Crippen molar-refractivity contribution in [2.45, 2.75) is 13.5 Å². The molecule has 0 spiro atoms. The Bertz CT molecular complexity index is 468. The topological polar surface area (TPSA) is 48.1 Å². The second kappa shape index (κ2) is 5.09. The van der Waals surface area contributed by atoms with Crippen molar-refractivity contribution in [2.75, 3.05) is 6.61 Å². The van der Waals surface area contributed by atoms with Gasteiger partial charge in [-0.1, -0.05) is 12.1 Å². The standard InChI is InChI=1S/C12H14N2OS/c1-2-15-10-5-3-4-9(6-10)12-14-8-11(7-13)16-12/h3-6,8H,2,7,13H2,1H3. The predicted molar refractivity (Wildman–Crippen MR) is 66.6 cm³/mol. The van der Waals surface area contributed by atoms with E-state index in [-0.39, 0.29) is 0 Å². The van der Waals surface area contributed by atoms with Gasteiger partial charge in [0.05, 0.1) is 6.61 Å². The Morgan fingerprint density at radius 1 is 1.44 bits per heavy atom. The first-order valence-corrected chi connectivity index (χ1v) is 6.03. The number of thiazole rings is 1. The predicted octanol–water partition coefficient (Wildman–Crippen LogP) is 2.67. The monoisotopic (exact) mass is 234 g/mol. The lowest BCUT2D eigenvalue weighted by atomic mass is 10.2. The molecule has 0 saturated carbocycles. The van der Waals surface area contributed by atoms with Crippen LogP contribution in [0.5, 0.6) is 5.75 Å². The van der Waals surface area contributed by atoms with Gasteiger partial charge in [0.15, 0.2) is 0 Å². The Morgan fingerprint density at radius 2 is 2.31 bits per heavy atom. The van der Waals surface area contributed by atoms with E-state index in [0.717, 1.165) is 21.2 Å². The molecule has 2 aromatic rings. The minimum absolute atomic E-state index is 0.544. The summed E-state index contributed by atoms with van der Waals surface area (Å²) in [7, 11) is 0. The molecule has 2 rings (SSSR count). The Kier molecular flexibility index (Phi) is 3.54. The second-order valence-corrected chi connectivity index (χ2v) is 4.41. The van der Waals surface area contributed by atoms with Crippen LogP contribution in [0.25, 0.3) is 10.6 Å². The molecule has 0 radical (unpaired) electrons. The van der Waals surface area contributed by atoms with Crippen molar-refractivity contribution in [3.8, 4) is 16.3 Å². The van der Waals surface area contributed by atoms with Crippen LogP contribution in [0.4, 0.5) is 0 Å². The van der Waals surface area contributed by atoms with Gasteiger partial charge in [-0.15, -0.1) is 11.3 Å². The van der Waals surface area contributed by atoms with Crippen LogP contribution in [0.1, 0.15) is 11.8 Å². The summed E-state index contributed by atoms with van der Waals surface area (Å²) < 4.78 is 5.45. The fourth-order valence-corrected chi connectivity index (χ4v) is 2.21. The van der Waals surface area contributed by atoms with E-state index >= 15 is 0 Å². The fraction of sp³-hybridized carbons (Fsp3) is 0.250. The molecule has 0 aliphatic carbocycles. The SMILES string of the molecule is CCOc1cccc(-c2ncc(CN)s2)c1. The summed E-state index contributed by atoms with van der Waals surface area (Å²) in [6.07, 6.45) is 1.83. The zero-order valence-corrected chi connectivity index (χ0v) is 9.96. The third-order valence-electron chi connectivity index (χ3n) is 2.15. The maximum Gasteiger partial charge on any atom is 0.123 e. The summed E-state index contributed by atoms with van der Waals surface area (Å²) in [4.78, 5) is 5.44. The molecule has 0 fully saturated rings. The van der Waals surface area contributed by atoms with E-state index in [1.165, 1.54) is 0 Å². The van der Waals surface area contributed by atoms with Gasteiger partial charge in [-0.2, -0.15) is 0 Å². The lowest BCUT2D eigenvalue weighted by Gasteiger charge is -2.03. The number of hydrogen-bond acceptors (Lipinski definition) is 4. The maximum atomic E-state index is 5.56. The number of hydrogen-bond donors (Lipinski definition) is 1. The van der Waals surface area contributed by atoms with E-state index in [1.807, 2.05) is 37.4 Å². The molecule has 0 aliphatic rings. The number of nitrogens with two attached hydrogens (primary N) is 1. The quantitative estimate of drug-likeness (QED) is 0.884. The summed E-state index contributed by atoms with van der Waals surface area (Å²) in [5.74, 6) is 0.879. The van der Waals surface area contributed by atoms with E-state index in [2.05, 4.69) is 4.98 Å². The van der Waals surface area contributed by atoms with Gasteiger partial charge in [-0.3, -0.25) is 0 Å². The van der Waals surface area contributed by atoms with Crippen LogP contribution in [-0.2, 0) is 6.54 Å². The van der Waals surface area contributed by atoms with Crippen LogP contribution in [-0.4, -0.2) is 11.6 Å². The van der Waals surface area contributed by atoms with Gasteiger partial charge >= 0.3 is 0 Å². The Hall–Kier alpha value is -1.39. The lowest BCUT2D eigenvalue weighted by Crippen LogP contribution is -1.91. The van der Waals surface area contributed by atoms with E-state index in [9.17, 15) is 0 Å². The highest BCUT2D eigenvalue weighted by atomic mass is 32.1. The molecule has 0 saturated heterocycles. The molecule has 3 nitrogen and oxygen atoms in total. The molecule has 0 bridgehead atoms. The summed E-state index contributed by atoms with van der Waals surface area (Å²) in [5, 5.41) is 0.988. The molecule has 0 aliphatic heterocycles. The lowest BCUT2D eigenvalue weighted by molar-refractivity contribution is 0.340. The molecule has 0 amide bonds. The van der Waals surface area contributed by atoms with E-state index in [4.69, 9.17) is 10.5 Å². The molecule has 84 valence electrons. The fourth-order valence-electron chi connectivity index (χ4n) is 1.42. The van der Waals surface area contributed by atoms with E-state index < -0.39 is 0 Å². The van der Waals surface area contributed by atoms with Crippen LogP contribution < -0.4 is 10.5 Å². The van der Waals surface area contributed by atoms with Crippen LogP contribution >= 0.6 is 11.3 Å². The number of aromatic nitrogens is 1. The molecule has 1 aromatic carbocycles. The minimum atomic E-state index is 0.544. The van der Waals surface area contributed by atoms with E-state index in [0.29, 0.717) is 13.2 Å². The Balaban J connectivity index is 2.28. The summed E-state index contributed by atoms with van der Waals surface area (Å²) in [6, 6.07) is 7.96. The molecule has 16 heavy (non-hydrogen) atoms. The van der Waals surface area contributed by atoms with Crippen molar-refractivity contribution in [1.82, 2.24) is 4.98 Å². The van der Waals surface area contributed by atoms with Gasteiger partial charge in [0.2, 0.25) is 0 Å². The summed E-state index contributed by atoms with van der Waals surface area (Å²) in [5.41, 5.74) is 6.64. The molecular weight excluding hydrogens is 220 g/mol. The van der Waals surface area contributed by atoms with Crippen LogP contribution in [0.2, 0.25) is 0 Å². The van der Waals surface area contributed by atoms with Gasteiger partial charge in [0.25, 0.3) is 0 Å². The van der Waals surface area contributed by atoms with Gasteiger partial charge in [0.1, 0.15) is 10.8 Å². The van der Waals surface area contributed by atoms with Gasteiger partial charge in [-0.05, 0) is 19.1 Å². The number of benzene rings is 1. The Labute approximate surface area is 98.9 Å². The van der Waals surface area contributed by atoms with Crippen LogP contribution in [0.3, 0.4) is 0 Å². The largest absolute Gasteiger partial charge is 0.494 e. The average molecular weight is 234 g/mol. The van der Waals surface area contributed by atoms with Gasteiger partial charge in [-0.25, -0.2) is 4.98 Å². The summed E-state index contributed by atoms with van der Waals surface area (Å²) >= 11 is 1.62. The Morgan fingerprint density at radius 3 is 3.00 bits per heavy atom. The first-order valence-electron chi connectivity index (χ1n) is 5.21. The molecular formula is C12H14N2OS. The zero-order chi connectivity index (χ0) is 11.4. The molecule has 0 atom stereocenters. The van der Waals surface area contributed by atoms with Crippen molar-refractivity contribution in [2.24, 2.45) is 5.73 Å². The van der Waals surface area contributed by atoms with Crippen molar-refractivity contribution in [3.05, 3.63) is 35.3 Å². The molecule has 4 heteroatoms. The highest BCUT2D eigenvalue weighted by Gasteiger charge is 2.04. The van der Waals surface area contributed by atoms with Crippen molar-refractivity contribution in [3.63, 3.8) is 0 Å². The number of nitrogens with zero attached hydrogens (tertiary/aromatic N) is 1. The second-order valence-electron chi connectivity index (χ2n) is 3.30. The van der Waals surface area contributed by atoms with Crippen molar-refractivity contribution >= 4 is 11.3 Å². The average Bonchev–Trinajstić information content (AvgIpc) is 2.78. The van der Waals surface area contributed by atoms with Crippen LogP contribution in [0, 0.1) is 0 Å². The van der Waals surface area contributed by atoms with Gasteiger partial charge < -0.3 is 10.5 Å². The smallest absolute Gasteiger partial charge is 0.123 e. The minimum Gasteiger partial charge on any atom is -0.494 e. The summed E-state index contributed by atoms with van der Waals surface area (Å²) in [6.45, 7) is 3.20. The van der Waals surface area contributed by atoms with Gasteiger partial charge in [0, 0.05) is 23.2 Å². The molecule has 0 unspecified atom stereocenters. The first kappa shape index (κ1) is 11.1.